The van der Waals surface area contributed by atoms with Crippen molar-refractivity contribution < 1.29 is 14.3 Å². The van der Waals surface area contributed by atoms with E-state index in [9.17, 15) is 4.79 Å². The normalized spacial score (nSPS) is 10.0. The fourth-order valence-corrected chi connectivity index (χ4v) is 0.988. The van der Waals surface area contributed by atoms with Crippen molar-refractivity contribution >= 4 is 5.97 Å². The van der Waals surface area contributed by atoms with Gasteiger partial charge in [0.05, 0.1) is 6.61 Å². The SMILES string of the molecule is C=C(CNCCCOCC)C(=O)OCC. The van der Waals surface area contributed by atoms with Crippen molar-refractivity contribution in [3.8, 4) is 0 Å². The highest BCUT2D eigenvalue weighted by Gasteiger charge is 2.05. The molecule has 0 unspecified atom stereocenters. The predicted molar refractivity (Wildman–Crippen MR) is 59.8 cm³/mol. The molecule has 0 saturated carbocycles. The highest BCUT2D eigenvalue weighted by molar-refractivity contribution is 5.88. The maximum absolute atomic E-state index is 11.1. The second-order valence-corrected chi connectivity index (χ2v) is 3.05. The van der Waals surface area contributed by atoms with E-state index in [4.69, 9.17) is 9.47 Å². The molecule has 0 aliphatic rings. The molecular weight excluding hydrogens is 194 g/mol. The molecule has 0 aliphatic carbocycles. The van der Waals surface area contributed by atoms with Gasteiger partial charge < -0.3 is 14.8 Å². The monoisotopic (exact) mass is 215 g/mol. The topological polar surface area (TPSA) is 47.6 Å². The van der Waals surface area contributed by atoms with Gasteiger partial charge in [0.25, 0.3) is 0 Å². The lowest BCUT2D eigenvalue weighted by Crippen LogP contribution is -2.23. The summed E-state index contributed by atoms with van der Waals surface area (Å²) in [5.41, 5.74) is 0.466. The molecular formula is C11H21NO3. The first-order valence-electron chi connectivity index (χ1n) is 5.35. The van der Waals surface area contributed by atoms with E-state index < -0.39 is 0 Å². The third kappa shape index (κ3) is 8.15. The summed E-state index contributed by atoms with van der Waals surface area (Å²) in [5, 5.41) is 3.10. The second-order valence-electron chi connectivity index (χ2n) is 3.05. The summed E-state index contributed by atoms with van der Waals surface area (Å²) in [6, 6.07) is 0. The molecule has 0 spiro atoms. The van der Waals surface area contributed by atoms with E-state index in [1.807, 2.05) is 6.92 Å². The first-order valence-corrected chi connectivity index (χ1v) is 5.35. The lowest BCUT2D eigenvalue weighted by Gasteiger charge is -2.07. The lowest BCUT2D eigenvalue weighted by atomic mass is 10.3. The van der Waals surface area contributed by atoms with Crippen molar-refractivity contribution in [2.45, 2.75) is 20.3 Å². The van der Waals surface area contributed by atoms with Crippen LogP contribution in [0.2, 0.25) is 0 Å². The van der Waals surface area contributed by atoms with Crippen LogP contribution in [-0.2, 0) is 14.3 Å². The number of hydrogen-bond acceptors (Lipinski definition) is 4. The second kappa shape index (κ2) is 9.68. The molecule has 0 bridgehead atoms. The van der Waals surface area contributed by atoms with Crippen molar-refractivity contribution in [1.82, 2.24) is 5.32 Å². The molecule has 0 atom stereocenters. The molecule has 0 amide bonds. The fraction of sp³-hybridized carbons (Fsp3) is 0.727. The maximum atomic E-state index is 11.1. The Hall–Kier alpha value is -0.870. The van der Waals surface area contributed by atoms with Gasteiger partial charge >= 0.3 is 5.97 Å². The van der Waals surface area contributed by atoms with Gasteiger partial charge in [0.1, 0.15) is 0 Å². The van der Waals surface area contributed by atoms with Gasteiger partial charge in [-0.25, -0.2) is 4.79 Å². The smallest absolute Gasteiger partial charge is 0.334 e. The van der Waals surface area contributed by atoms with Gasteiger partial charge in [0, 0.05) is 25.3 Å². The van der Waals surface area contributed by atoms with Crippen LogP contribution in [0, 0.1) is 0 Å². The summed E-state index contributed by atoms with van der Waals surface area (Å²) in [5.74, 6) is -0.324. The van der Waals surface area contributed by atoms with Gasteiger partial charge in [-0.05, 0) is 26.8 Å². The number of rotatable bonds is 9. The Balaban J connectivity index is 3.35. The Kier molecular flexibility index (Phi) is 9.11. The summed E-state index contributed by atoms with van der Waals surface area (Å²) in [6.45, 7) is 10.6. The molecule has 15 heavy (non-hydrogen) atoms. The number of esters is 1. The average molecular weight is 215 g/mol. The van der Waals surface area contributed by atoms with Gasteiger partial charge in [-0.3, -0.25) is 0 Å². The molecule has 0 aromatic rings. The predicted octanol–water partition coefficient (Wildman–Crippen LogP) is 1.12. The summed E-state index contributed by atoms with van der Waals surface area (Å²) in [7, 11) is 0. The highest BCUT2D eigenvalue weighted by Crippen LogP contribution is 1.92. The molecule has 4 heteroatoms. The Morgan fingerprint density at radius 1 is 1.33 bits per heavy atom. The molecule has 88 valence electrons. The minimum atomic E-state index is -0.324. The van der Waals surface area contributed by atoms with Crippen molar-refractivity contribution in [2.75, 3.05) is 32.9 Å². The zero-order valence-electron chi connectivity index (χ0n) is 9.67. The van der Waals surface area contributed by atoms with E-state index in [0.717, 1.165) is 26.2 Å². The van der Waals surface area contributed by atoms with Crippen LogP contribution in [0.25, 0.3) is 0 Å². The summed E-state index contributed by atoms with van der Waals surface area (Å²) in [6.07, 6.45) is 0.934. The third-order valence-corrected chi connectivity index (χ3v) is 1.75. The molecule has 0 rings (SSSR count). The molecule has 0 aromatic heterocycles. The van der Waals surface area contributed by atoms with E-state index in [1.165, 1.54) is 0 Å². The van der Waals surface area contributed by atoms with Crippen LogP contribution in [0.15, 0.2) is 12.2 Å². The Bertz CT molecular complexity index is 192. The van der Waals surface area contributed by atoms with Gasteiger partial charge in [-0.15, -0.1) is 0 Å². The largest absolute Gasteiger partial charge is 0.463 e. The number of carbonyl (C=O) groups excluding carboxylic acids is 1. The lowest BCUT2D eigenvalue weighted by molar-refractivity contribution is -0.138. The van der Waals surface area contributed by atoms with Crippen LogP contribution in [0.5, 0.6) is 0 Å². The van der Waals surface area contributed by atoms with E-state index >= 15 is 0 Å². The van der Waals surface area contributed by atoms with Crippen LogP contribution < -0.4 is 5.32 Å². The van der Waals surface area contributed by atoms with Crippen LogP contribution in [0.1, 0.15) is 20.3 Å². The number of carbonyl (C=O) groups is 1. The third-order valence-electron chi connectivity index (χ3n) is 1.75. The summed E-state index contributed by atoms with van der Waals surface area (Å²) >= 11 is 0. The highest BCUT2D eigenvalue weighted by atomic mass is 16.5. The number of ether oxygens (including phenoxy) is 2. The molecule has 0 saturated heterocycles. The minimum absolute atomic E-state index is 0.324. The van der Waals surface area contributed by atoms with E-state index in [0.29, 0.717) is 18.7 Å². The minimum Gasteiger partial charge on any atom is -0.463 e. The van der Waals surface area contributed by atoms with E-state index in [-0.39, 0.29) is 5.97 Å². The Labute approximate surface area is 91.6 Å². The van der Waals surface area contributed by atoms with Gasteiger partial charge in [0.15, 0.2) is 0 Å². The van der Waals surface area contributed by atoms with Crippen LogP contribution in [0.4, 0.5) is 0 Å². The van der Waals surface area contributed by atoms with E-state index in [2.05, 4.69) is 11.9 Å². The van der Waals surface area contributed by atoms with Gasteiger partial charge in [-0.2, -0.15) is 0 Å². The first-order chi connectivity index (χ1) is 7.22. The van der Waals surface area contributed by atoms with Crippen molar-refractivity contribution in [3.05, 3.63) is 12.2 Å². The zero-order valence-corrected chi connectivity index (χ0v) is 9.67. The molecule has 0 aromatic carbocycles. The standard InChI is InChI=1S/C11H21NO3/c1-4-14-8-6-7-12-9-10(3)11(13)15-5-2/h12H,3-9H2,1-2H3. The quantitative estimate of drug-likeness (QED) is 0.356. The van der Waals surface area contributed by atoms with Gasteiger partial charge in [-0.1, -0.05) is 6.58 Å². The van der Waals surface area contributed by atoms with E-state index in [1.54, 1.807) is 6.92 Å². The molecule has 4 nitrogen and oxygen atoms in total. The van der Waals surface area contributed by atoms with Gasteiger partial charge in [0.2, 0.25) is 0 Å². The van der Waals surface area contributed by atoms with Crippen LogP contribution >= 0.6 is 0 Å². The summed E-state index contributed by atoms with van der Waals surface area (Å²) < 4.78 is 9.97. The van der Waals surface area contributed by atoms with Crippen molar-refractivity contribution in [1.29, 1.82) is 0 Å². The van der Waals surface area contributed by atoms with Crippen LogP contribution in [-0.4, -0.2) is 38.9 Å². The Morgan fingerprint density at radius 3 is 2.67 bits per heavy atom. The zero-order chi connectivity index (χ0) is 11.5. The van der Waals surface area contributed by atoms with Crippen molar-refractivity contribution in [3.63, 3.8) is 0 Å². The molecule has 0 radical (unpaired) electrons. The average Bonchev–Trinajstić information content (AvgIpc) is 2.23. The summed E-state index contributed by atoms with van der Waals surface area (Å²) in [4.78, 5) is 11.1. The molecule has 0 aliphatic heterocycles. The van der Waals surface area contributed by atoms with Crippen molar-refractivity contribution in [2.24, 2.45) is 0 Å². The van der Waals surface area contributed by atoms with Crippen LogP contribution in [0.3, 0.4) is 0 Å². The molecule has 0 heterocycles. The first kappa shape index (κ1) is 14.1. The number of hydrogen-bond donors (Lipinski definition) is 1. The fourth-order valence-electron chi connectivity index (χ4n) is 0.988. The molecule has 1 N–H and O–H groups in total. The Morgan fingerprint density at radius 2 is 2.07 bits per heavy atom. The maximum Gasteiger partial charge on any atom is 0.334 e. The number of nitrogens with one attached hydrogen (secondary N) is 1. The molecule has 0 fully saturated rings.